The zero-order valence-corrected chi connectivity index (χ0v) is 8.39. The molecule has 1 heterocycles. The van der Waals surface area contributed by atoms with Crippen molar-refractivity contribution < 1.29 is 14.3 Å². The largest absolute Gasteiger partial charge is 0.468 e. The Bertz CT molecular complexity index is 348. The normalized spacial score (nSPS) is 9.50. The first kappa shape index (κ1) is 10.5. The molecule has 1 amide bonds. The lowest BCUT2D eigenvalue weighted by atomic mass is 10.4. The number of carbonyl (C=O) groups excluding carboxylic acids is 2. The Morgan fingerprint density at radius 3 is 2.86 bits per heavy atom. The van der Waals surface area contributed by atoms with Crippen LogP contribution < -0.4 is 11.1 Å². The van der Waals surface area contributed by atoms with E-state index in [0.717, 1.165) is 0 Å². The number of nitrogen functional groups attached to an aromatic ring is 1. The van der Waals surface area contributed by atoms with E-state index >= 15 is 0 Å². The Morgan fingerprint density at radius 1 is 1.64 bits per heavy atom. The SMILES string of the molecule is COC(=O)CNC(=O)c1sccc1N. The number of anilines is 1. The van der Waals surface area contributed by atoms with Crippen molar-refractivity contribution in [1.82, 2.24) is 5.32 Å². The molecule has 0 radical (unpaired) electrons. The standard InChI is InChI=1S/C8H10N2O3S/c1-13-6(11)4-10-8(12)7-5(9)2-3-14-7/h2-3H,4,9H2,1H3,(H,10,12). The Hall–Kier alpha value is -1.56. The summed E-state index contributed by atoms with van der Waals surface area (Å²) in [5.41, 5.74) is 5.93. The van der Waals surface area contributed by atoms with Gasteiger partial charge in [0.15, 0.2) is 0 Å². The van der Waals surface area contributed by atoms with E-state index in [-0.39, 0.29) is 12.5 Å². The minimum Gasteiger partial charge on any atom is -0.468 e. The third kappa shape index (κ3) is 2.46. The molecule has 76 valence electrons. The van der Waals surface area contributed by atoms with Crippen molar-refractivity contribution in [2.75, 3.05) is 19.4 Å². The van der Waals surface area contributed by atoms with Crippen LogP contribution >= 0.6 is 11.3 Å². The molecule has 0 saturated carbocycles. The van der Waals surface area contributed by atoms with Crippen LogP contribution in [-0.2, 0) is 9.53 Å². The van der Waals surface area contributed by atoms with Crippen molar-refractivity contribution in [3.8, 4) is 0 Å². The smallest absolute Gasteiger partial charge is 0.325 e. The number of carbonyl (C=O) groups is 2. The van der Waals surface area contributed by atoms with Gasteiger partial charge in [0.25, 0.3) is 5.91 Å². The number of rotatable bonds is 3. The van der Waals surface area contributed by atoms with Gasteiger partial charge in [-0.05, 0) is 11.4 Å². The van der Waals surface area contributed by atoms with Crippen LogP contribution in [-0.4, -0.2) is 25.5 Å². The van der Waals surface area contributed by atoms with Crippen molar-refractivity contribution >= 4 is 28.9 Å². The average molecular weight is 214 g/mol. The molecule has 1 rings (SSSR count). The van der Waals surface area contributed by atoms with Crippen LogP contribution in [0.2, 0.25) is 0 Å². The third-order valence-electron chi connectivity index (χ3n) is 1.52. The molecule has 14 heavy (non-hydrogen) atoms. The van der Waals surface area contributed by atoms with Crippen molar-refractivity contribution in [2.45, 2.75) is 0 Å². The molecule has 0 bridgehead atoms. The molecule has 1 aromatic heterocycles. The number of nitrogens with one attached hydrogen (secondary N) is 1. The second-order valence-corrected chi connectivity index (χ2v) is 3.38. The topological polar surface area (TPSA) is 81.4 Å². The van der Waals surface area contributed by atoms with Gasteiger partial charge < -0.3 is 15.8 Å². The van der Waals surface area contributed by atoms with Crippen LogP contribution in [0.3, 0.4) is 0 Å². The summed E-state index contributed by atoms with van der Waals surface area (Å²) >= 11 is 1.23. The summed E-state index contributed by atoms with van der Waals surface area (Å²) in [6, 6.07) is 1.64. The Labute approximate surface area is 84.9 Å². The molecule has 0 aliphatic rings. The van der Waals surface area contributed by atoms with Crippen molar-refractivity contribution in [2.24, 2.45) is 0 Å². The van der Waals surface area contributed by atoms with Gasteiger partial charge in [-0.2, -0.15) is 0 Å². The molecule has 0 aromatic carbocycles. The number of amides is 1. The van der Waals surface area contributed by atoms with E-state index in [2.05, 4.69) is 10.1 Å². The van der Waals surface area contributed by atoms with Gasteiger partial charge in [-0.15, -0.1) is 11.3 Å². The number of ether oxygens (including phenoxy) is 1. The minimum absolute atomic E-state index is 0.146. The molecular weight excluding hydrogens is 204 g/mol. The molecule has 6 heteroatoms. The zero-order chi connectivity index (χ0) is 10.6. The van der Waals surface area contributed by atoms with Crippen LogP contribution in [0.1, 0.15) is 9.67 Å². The van der Waals surface area contributed by atoms with Crippen molar-refractivity contribution in [3.63, 3.8) is 0 Å². The van der Waals surface area contributed by atoms with E-state index in [0.29, 0.717) is 10.6 Å². The number of nitrogens with two attached hydrogens (primary N) is 1. The van der Waals surface area contributed by atoms with Gasteiger partial charge in [0, 0.05) is 0 Å². The van der Waals surface area contributed by atoms with Gasteiger partial charge in [-0.3, -0.25) is 9.59 Å². The molecule has 0 unspecified atom stereocenters. The minimum atomic E-state index is -0.492. The van der Waals surface area contributed by atoms with E-state index < -0.39 is 5.97 Å². The van der Waals surface area contributed by atoms with Crippen molar-refractivity contribution in [1.29, 1.82) is 0 Å². The summed E-state index contributed by atoms with van der Waals surface area (Å²) in [4.78, 5) is 22.5. The quantitative estimate of drug-likeness (QED) is 0.706. The summed E-state index contributed by atoms with van der Waals surface area (Å²) in [6.07, 6.45) is 0. The van der Waals surface area contributed by atoms with Crippen LogP contribution in [0, 0.1) is 0 Å². The van der Waals surface area contributed by atoms with Gasteiger partial charge in [0.05, 0.1) is 12.8 Å². The number of methoxy groups -OCH3 is 1. The lowest BCUT2D eigenvalue weighted by Crippen LogP contribution is -2.29. The predicted molar refractivity (Wildman–Crippen MR) is 53.1 cm³/mol. The molecular formula is C8H10N2O3S. The number of hydrogen-bond acceptors (Lipinski definition) is 5. The van der Waals surface area contributed by atoms with E-state index in [4.69, 9.17) is 5.73 Å². The maximum absolute atomic E-state index is 11.4. The molecule has 0 atom stereocenters. The highest BCUT2D eigenvalue weighted by Crippen LogP contribution is 2.17. The van der Waals surface area contributed by atoms with E-state index in [9.17, 15) is 9.59 Å². The fraction of sp³-hybridized carbons (Fsp3) is 0.250. The average Bonchev–Trinajstić information content (AvgIpc) is 2.60. The molecule has 0 saturated heterocycles. The molecule has 1 aromatic rings. The highest BCUT2D eigenvalue weighted by molar-refractivity contribution is 7.12. The lowest BCUT2D eigenvalue weighted by molar-refractivity contribution is -0.139. The fourth-order valence-corrected chi connectivity index (χ4v) is 1.54. The summed E-state index contributed by atoms with van der Waals surface area (Å²) in [7, 11) is 1.26. The van der Waals surface area contributed by atoms with Crippen molar-refractivity contribution in [3.05, 3.63) is 16.3 Å². The molecule has 0 aliphatic heterocycles. The van der Waals surface area contributed by atoms with Gasteiger partial charge in [0.1, 0.15) is 11.4 Å². The Kier molecular flexibility index (Phi) is 3.47. The second kappa shape index (κ2) is 4.61. The lowest BCUT2D eigenvalue weighted by Gasteiger charge is -2.02. The van der Waals surface area contributed by atoms with E-state index in [1.54, 1.807) is 11.4 Å². The van der Waals surface area contributed by atoms with Crippen LogP contribution in [0.15, 0.2) is 11.4 Å². The van der Waals surface area contributed by atoms with Crippen LogP contribution in [0.25, 0.3) is 0 Å². The highest BCUT2D eigenvalue weighted by atomic mass is 32.1. The Morgan fingerprint density at radius 2 is 2.36 bits per heavy atom. The monoisotopic (exact) mass is 214 g/mol. The van der Waals surface area contributed by atoms with Crippen LogP contribution in [0.4, 0.5) is 5.69 Å². The van der Waals surface area contributed by atoms with Gasteiger partial charge in [-0.25, -0.2) is 0 Å². The molecule has 0 fully saturated rings. The first-order valence-electron chi connectivity index (χ1n) is 3.83. The second-order valence-electron chi connectivity index (χ2n) is 2.46. The molecule has 0 spiro atoms. The van der Waals surface area contributed by atoms with Gasteiger partial charge in [0.2, 0.25) is 0 Å². The number of thiophene rings is 1. The summed E-state index contributed by atoms with van der Waals surface area (Å²) in [5.74, 6) is -0.851. The molecule has 5 nitrogen and oxygen atoms in total. The number of hydrogen-bond donors (Lipinski definition) is 2. The summed E-state index contributed by atoms with van der Waals surface area (Å²) in [5, 5.41) is 4.10. The summed E-state index contributed by atoms with van der Waals surface area (Å²) < 4.78 is 4.37. The van der Waals surface area contributed by atoms with Gasteiger partial charge >= 0.3 is 5.97 Å². The van der Waals surface area contributed by atoms with E-state index in [1.165, 1.54) is 18.4 Å². The number of esters is 1. The van der Waals surface area contributed by atoms with Crippen LogP contribution in [0.5, 0.6) is 0 Å². The molecule has 0 aliphatic carbocycles. The zero-order valence-electron chi connectivity index (χ0n) is 7.57. The highest BCUT2D eigenvalue weighted by Gasteiger charge is 2.11. The molecule has 3 N–H and O–H groups in total. The predicted octanol–water partition coefficient (Wildman–Crippen LogP) is 0.233. The van der Waals surface area contributed by atoms with E-state index in [1.807, 2.05) is 0 Å². The first-order valence-corrected chi connectivity index (χ1v) is 4.71. The maximum atomic E-state index is 11.4. The third-order valence-corrected chi connectivity index (χ3v) is 2.45. The van der Waals surface area contributed by atoms with Gasteiger partial charge in [-0.1, -0.05) is 0 Å². The maximum Gasteiger partial charge on any atom is 0.325 e. The summed E-state index contributed by atoms with van der Waals surface area (Å²) in [6.45, 7) is -0.146. The fourth-order valence-electron chi connectivity index (χ4n) is 0.809. The first-order chi connectivity index (χ1) is 6.65. The Balaban J connectivity index is 2.52.